The van der Waals surface area contributed by atoms with Crippen LogP contribution in [-0.4, -0.2) is 12.5 Å². The predicted molar refractivity (Wildman–Crippen MR) is 43.6 cm³/mol. The first-order valence-corrected chi connectivity index (χ1v) is 4.20. The fraction of sp³-hybridized carbons (Fsp3) is 0.556. The van der Waals surface area contributed by atoms with Crippen molar-refractivity contribution in [1.29, 1.82) is 0 Å². The molecule has 0 unspecified atom stereocenters. The van der Waals surface area contributed by atoms with E-state index in [2.05, 4.69) is 0 Å². The van der Waals surface area contributed by atoms with Crippen molar-refractivity contribution in [2.45, 2.75) is 24.2 Å². The predicted octanol–water partition coefficient (Wildman–Crippen LogP) is 1.91. The lowest BCUT2D eigenvalue weighted by atomic mass is 9.64. The summed E-state index contributed by atoms with van der Waals surface area (Å²) < 4.78 is 30.5. The average molecular weight is 187 g/mol. The van der Waals surface area contributed by atoms with E-state index in [9.17, 15) is 8.78 Å². The van der Waals surface area contributed by atoms with Crippen LogP contribution in [0.2, 0.25) is 0 Å². The second-order valence-electron chi connectivity index (χ2n) is 3.67. The lowest BCUT2D eigenvalue weighted by Crippen LogP contribution is -2.53. The quantitative estimate of drug-likeness (QED) is 0.768. The van der Waals surface area contributed by atoms with Crippen molar-refractivity contribution in [3.63, 3.8) is 0 Å². The van der Waals surface area contributed by atoms with Gasteiger partial charge in [0.1, 0.15) is 5.76 Å². The Balaban J connectivity index is 2.21. The highest BCUT2D eigenvalue weighted by Crippen LogP contribution is 2.52. The summed E-state index contributed by atoms with van der Waals surface area (Å²) in [7, 11) is 0. The molecule has 0 amide bonds. The molecule has 0 atom stereocenters. The fourth-order valence-electron chi connectivity index (χ4n) is 1.94. The summed E-state index contributed by atoms with van der Waals surface area (Å²) in [5, 5.41) is 0. The highest BCUT2D eigenvalue weighted by atomic mass is 19.3. The molecule has 2 rings (SSSR count). The van der Waals surface area contributed by atoms with Crippen molar-refractivity contribution < 1.29 is 13.2 Å². The molecule has 72 valence electrons. The van der Waals surface area contributed by atoms with Crippen LogP contribution in [0.1, 0.15) is 18.6 Å². The first kappa shape index (κ1) is 8.69. The lowest BCUT2D eigenvalue weighted by molar-refractivity contribution is -0.129. The monoisotopic (exact) mass is 187 g/mol. The molecule has 1 aliphatic rings. The van der Waals surface area contributed by atoms with Crippen LogP contribution in [0.3, 0.4) is 0 Å². The van der Waals surface area contributed by atoms with Gasteiger partial charge in [-0.3, -0.25) is 0 Å². The smallest absolute Gasteiger partial charge is 0.250 e. The summed E-state index contributed by atoms with van der Waals surface area (Å²) in [5.41, 5.74) is 4.87. The van der Waals surface area contributed by atoms with Gasteiger partial charge in [-0.05, 0) is 12.1 Å². The van der Waals surface area contributed by atoms with Crippen molar-refractivity contribution in [2.24, 2.45) is 5.73 Å². The van der Waals surface area contributed by atoms with Crippen molar-refractivity contribution >= 4 is 0 Å². The number of nitrogens with two attached hydrogens (primary N) is 1. The van der Waals surface area contributed by atoms with E-state index >= 15 is 0 Å². The van der Waals surface area contributed by atoms with Crippen LogP contribution in [0.25, 0.3) is 0 Å². The molecule has 4 heteroatoms. The van der Waals surface area contributed by atoms with E-state index in [1.807, 2.05) is 0 Å². The maximum absolute atomic E-state index is 12.7. The molecule has 2 N–H and O–H groups in total. The second-order valence-corrected chi connectivity index (χ2v) is 3.67. The Morgan fingerprint density at radius 3 is 2.54 bits per heavy atom. The normalized spacial score (nSPS) is 23.9. The number of hydrogen-bond donors (Lipinski definition) is 1. The third-order valence-corrected chi connectivity index (χ3v) is 2.63. The minimum atomic E-state index is -2.56. The Morgan fingerprint density at radius 2 is 2.15 bits per heavy atom. The van der Waals surface area contributed by atoms with E-state index in [1.54, 1.807) is 12.1 Å². The van der Waals surface area contributed by atoms with Crippen LogP contribution < -0.4 is 5.73 Å². The van der Waals surface area contributed by atoms with Gasteiger partial charge < -0.3 is 10.2 Å². The third kappa shape index (κ3) is 1.25. The molecule has 0 aliphatic heterocycles. The Morgan fingerprint density at radius 1 is 1.46 bits per heavy atom. The van der Waals surface area contributed by atoms with Gasteiger partial charge in [-0.1, -0.05) is 0 Å². The average Bonchev–Trinajstić information content (AvgIpc) is 2.51. The van der Waals surface area contributed by atoms with Gasteiger partial charge in [-0.2, -0.15) is 0 Å². The number of hydrogen-bond acceptors (Lipinski definition) is 2. The fourth-order valence-corrected chi connectivity index (χ4v) is 1.94. The van der Waals surface area contributed by atoms with Gasteiger partial charge >= 0.3 is 0 Å². The first-order valence-electron chi connectivity index (χ1n) is 4.20. The molecule has 0 bridgehead atoms. The Hall–Kier alpha value is -0.900. The highest BCUT2D eigenvalue weighted by Gasteiger charge is 2.58. The SMILES string of the molecule is NCC1(c2ccco2)CC(F)(F)C1. The van der Waals surface area contributed by atoms with E-state index in [4.69, 9.17) is 10.2 Å². The summed E-state index contributed by atoms with van der Waals surface area (Å²) in [5.74, 6) is -1.98. The molecule has 2 nitrogen and oxygen atoms in total. The number of halogens is 2. The van der Waals surface area contributed by atoms with Crippen molar-refractivity contribution in [3.05, 3.63) is 24.2 Å². The second kappa shape index (κ2) is 2.54. The number of furan rings is 1. The molecule has 13 heavy (non-hydrogen) atoms. The lowest BCUT2D eigenvalue weighted by Gasteiger charge is -2.45. The molecule has 0 spiro atoms. The molecule has 0 radical (unpaired) electrons. The van der Waals surface area contributed by atoms with Gasteiger partial charge in [-0.25, -0.2) is 8.78 Å². The zero-order chi connectivity index (χ0) is 9.53. The Kier molecular flexibility index (Phi) is 1.70. The molecule has 1 heterocycles. The molecule has 1 aromatic heterocycles. The minimum Gasteiger partial charge on any atom is -0.469 e. The number of alkyl halides is 2. The van der Waals surface area contributed by atoms with Gasteiger partial charge in [0.15, 0.2) is 0 Å². The minimum absolute atomic E-state index is 0.190. The molecule has 1 aliphatic carbocycles. The van der Waals surface area contributed by atoms with E-state index in [0.717, 1.165) is 0 Å². The Labute approximate surface area is 74.7 Å². The zero-order valence-corrected chi connectivity index (χ0v) is 7.09. The first-order chi connectivity index (χ1) is 6.08. The summed E-state index contributed by atoms with van der Waals surface area (Å²) >= 11 is 0. The summed E-state index contributed by atoms with van der Waals surface area (Å²) in [6.45, 7) is 0.218. The number of rotatable bonds is 2. The van der Waals surface area contributed by atoms with Gasteiger partial charge in [0, 0.05) is 19.4 Å². The van der Waals surface area contributed by atoms with Crippen LogP contribution in [0.15, 0.2) is 22.8 Å². The van der Waals surface area contributed by atoms with Gasteiger partial charge in [-0.15, -0.1) is 0 Å². The van der Waals surface area contributed by atoms with Crippen molar-refractivity contribution in [3.8, 4) is 0 Å². The molecule has 0 aromatic carbocycles. The zero-order valence-electron chi connectivity index (χ0n) is 7.09. The third-order valence-electron chi connectivity index (χ3n) is 2.63. The molecule has 1 saturated carbocycles. The molecule has 1 fully saturated rings. The summed E-state index contributed by atoms with van der Waals surface area (Å²) in [6, 6.07) is 3.41. The van der Waals surface area contributed by atoms with Crippen LogP contribution in [0.4, 0.5) is 8.78 Å². The van der Waals surface area contributed by atoms with Crippen LogP contribution in [0.5, 0.6) is 0 Å². The van der Waals surface area contributed by atoms with Gasteiger partial charge in [0.2, 0.25) is 5.92 Å². The van der Waals surface area contributed by atoms with E-state index < -0.39 is 11.3 Å². The molecule has 0 saturated heterocycles. The molecular formula is C9H11F2NO. The van der Waals surface area contributed by atoms with Crippen molar-refractivity contribution in [1.82, 2.24) is 0 Å². The summed E-state index contributed by atoms with van der Waals surface area (Å²) in [4.78, 5) is 0. The molecule has 1 aromatic rings. The largest absolute Gasteiger partial charge is 0.469 e. The van der Waals surface area contributed by atoms with E-state index in [-0.39, 0.29) is 19.4 Å². The standard InChI is InChI=1S/C9H11F2NO/c10-9(11)4-8(5-9,6-12)7-2-1-3-13-7/h1-3H,4-6,12H2. The summed E-state index contributed by atoms with van der Waals surface area (Å²) in [6.07, 6.45) is 1.11. The van der Waals surface area contributed by atoms with Gasteiger partial charge in [0.05, 0.1) is 11.7 Å². The van der Waals surface area contributed by atoms with Gasteiger partial charge in [0.25, 0.3) is 0 Å². The van der Waals surface area contributed by atoms with Crippen LogP contribution >= 0.6 is 0 Å². The molecular weight excluding hydrogens is 176 g/mol. The highest BCUT2D eigenvalue weighted by molar-refractivity contribution is 5.22. The van der Waals surface area contributed by atoms with E-state index in [0.29, 0.717) is 5.76 Å². The van der Waals surface area contributed by atoms with Crippen LogP contribution in [-0.2, 0) is 5.41 Å². The Bertz CT molecular complexity index is 287. The maximum atomic E-state index is 12.7. The maximum Gasteiger partial charge on any atom is 0.250 e. The topological polar surface area (TPSA) is 39.2 Å². The van der Waals surface area contributed by atoms with Crippen LogP contribution in [0, 0.1) is 0 Å². The van der Waals surface area contributed by atoms with Crippen molar-refractivity contribution in [2.75, 3.05) is 6.54 Å². The van der Waals surface area contributed by atoms with E-state index in [1.165, 1.54) is 6.26 Å².